The molecule has 68 valence electrons. The van der Waals surface area contributed by atoms with Crippen molar-refractivity contribution in [2.75, 3.05) is 0 Å². The van der Waals surface area contributed by atoms with Gasteiger partial charge in [0, 0.05) is 6.42 Å². The minimum absolute atomic E-state index is 0.524. The van der Waals surface area contributed by atoms with E-state index in [0.717, 1.165) is 18.8 Å². The summed E-state index contributed by atoms with van der Waals surface area (Å²) < 4.78 is 0. The predicted molar refractivity (Wildman–Crippen MR) is 50.6 cm³/mol. The maximum atomic E-state index is 8.57. The van der Waals surface area contributed by atoms with Crippen LogP contribution in [0.1, 0.15) is 52.4 Å². The van der Waals surface area contributed by atoms with Crippen molar-refractivity contribution in [3.05, 3.63) is 0 Å². The van der Waals surface area contributed by atoms with E-state index in [1.165, 1.54) is 25.7 Å². The second-order valence-corrected chi connectivity index (χ2v) is 4.38. The fourth-order valence-corrected chi connectivity index (χ4v) is 2.50. The van der Waals surface area contributed by atoms with Gasteiger partial charge in [-0.05, 0) is 30.6 Å². The zero-order valence-corrected chi connectivity index (χ0v) is 8.27. The molecule has 0 heterocycles. The lowest BCUT2D eigenvalue weighted by Gasteiger charge is -2.32. The Kier molecular flexibility index (Phi) is 3.14. The van der Waals surface area contributed by atoms with Crippen LogP contribution in [-0.4, -0.2) is 0 Å². The number of hydrogen-bond acceptors (Lipinski definition) is 1. The monoisotopic (exact) mass is 165 g/mol. The second kappa shape index (κ2) is 3.94. The van der Waals surface area contributed by atoms with Crippen LogP contribution in [0.5, 0.6) is 0 Å². The molecule has 1 rings (SSSR count). The summed E-state index contributed by atoms with van der Waals surface area (Å²) in [7, 11) is 0. The lowest BCUT2D eigenvalue weighted by molar-refractivity contribution is 0.181. The van der Waals surface area contributed by atoms with E-state index in [1.54, 1.807) is 0 Å². The van der Waals surface area contributed by atoms with Gasteiger partial charge in [0.25, 0.3) is 0 Å². The molecular formula is C11H19N. The zero-order chi connectivity index (χ0) is 9.03. The average Bonchev–Trinajstić information content (AvgIpc) is 2.50. The summed E-state index contributed by atoms with van der Waals surface area (Å²) in [6.45, 7) is 4.62. The van der Waals surface area contributed by atoms with Gasteiger partial charge in [-0.15, -0.1) is 0 Å². The highest BCUT2D eigenvalue weighted by molar-refractivity contribution is 4.89. The molecule has 0 aromatic heterocycles. The van der Waals surface area contributed by atoms with E-state index >= 15 is 0 Å². The quantitative estimate of drug-likeness (QED) is 0.627. The van der Waals surface area contributed by atoms with Gasteiger partial charge >= 0.3 is 0 Å². The Hall–Kier alpha value is -0.510. The lowest BCUT2D eigenvalue weighted by atomic mass is 9.72. The molecule has 1 saturated carbocycles. The molecule has 1 fully saturated rings. The van der Waals surface area contributed by atoms with Gasteiger partial charge in [-0.2, -0.15) is 5.26 Å². The van der Waals surface area contributed by atoms with E-state index in [-0.39, 0.29) is 0 Å². The highest BCUT2D eigenvalue weighted by Gasteiger charge is 2.35. The summed E-state index contributed by atoms with van der Waals surface area (Å²) in [4.78, 5) is 0. The molecule has 0 aromatic carbocycles. The van der Waals surface area contributed by atoms with Crippen molar-refractivity contribution in [3.63, 3.8) is 0 Å². The smallest absolute Gasteiger partial charge is 0.0621 e. The van der Waals surface area contributed by atoms with E-state index in [1.807, 2.05) is 0 Å². The molecule has 0 amide bonds. The number of nitriles is 1. The van der Waals surface area contributed by atoms with Crippen LogP contribution in [0.2, 0.25) is 0 Å². The normalized spacial score (nSPS) is 21.2. The minimum Gasteiger partial charge on any atom is -0.198 e. The molecule has 0 aliphatic heterocycles. The summed E-state index contributed by atoms with van der Waals surface area (Å²) in [5, 5.41) is 8.57. The molecule has 0 aromatic rings. The molecular weight excluding hydrogens is 146 g/mol. The van der Waals surface area contributed by atoms with Crippen molar-refractivity contribution >= 4 is 0 Å². The van der Waals surface area contributed by atoms with Crippen molar-refractivity contribution in [1.29, 1.82) is 5.26 Å². The minimum atomic E-state index is 0.524. The second-order valence-electron chi connectivity index (χ2n) is 4.38. The highest BCUT2D eigenvalue weighted by Crippen LogP contribution is 2.47. The van der Waals surface area contributed by atoms with Gasteiger partial charge in [-0.1, -0.05) is 26.7 Å². The molecule has 0 N–H and O–H groups in total. The molecule has 1 heteroatoms. The van der Waals surface area contributed by atoms with Crippen molar-refractivity contribution in [2.45, 2.75) is 52.4 Å². The molecule has 1 aliphatic carbocycles. The first-order valence-corrected chi connectivity index (χ1v) is 5.08. The predicted octanol–water partition coefficient (Wildman–Crippen LogP) is 3.51. The van der Waals surface area contributed by atoms with Crippen LogP contribution < -0.4 is 0 Å². The topological polar surface area (TPSA) is 23.8 Å². The third-order valence-corrected chi connectivity index (χ3v) is 3.56. The third-order valence-electron chi connectivity index (χ3n) is 3.56. The van der Waals surface area contributed by atoms with Crippen LogP contribution in [0.4, 0.5) is 0 Å². The standard InChI is InChI=1S/C11H19N/c1-10(2)11(8-5-9-12)6-3-4-7-11/h10H,3-8H2,1-2H3. The van der Waals surface area contributed by atoms with Gasteiger partial charge in [-0.3, -0.25) is 0 Å². The molecule has 0 radical (unpaired) electrons. The Morgan fingerprint density at radius 2 is 1.92 bits per heavy atom. The Labute approximate surface area is 75.8 Å². The van der Waals surface area contributed by atoms with E-state index in [0.29, 0.717) is 5.41 Å². The summed E-state index contributed by atoms with van der Waals surface area (Å²) in [5.74, 6) is 0.758. The van der Waals surface area contributed by atoms with Gasteiger partial charge in [0.15, 0.2) is 0 Å². The van der Waals surface area contributed by atoms with Crippen molar-refractivity contribution < 1.29 is 0 Å². The Balaban J connectivity index is 2.54. The van der Waals surface area contributed by atoms with Crippen LogP contribution in [0, 0.1) is 22.7 Å². The number of hydrogen-bond donors (Lipinski definition) is 0. The maximum Gasteiger partial charge on any atom is 0.0621 e. The summed E-state index contributed by atoms with van der Waals surface area (Å²) >= 11 is 0. The van der Waals surface area contributed by atoms with Crippen molar-refractivity contribution in [3.8, 4) is 6.07 Å². The van der Waals surface area contributed by atoms with Crippen LogP contribution in [-0.2, 0) is 0 Å². The molecule has 0 atom stereocenters. The Bertz CT molecular complexity index is 170. The van der Waals surface area contributed by atoms with E-state index in [4.69, 9.17) is 5.26 Å². The van der Waals surface area contributed by atoms with E-state index in [9.17, 15) is 0 Å². The lowest BCUT2D eigenvalue weighted by Crippen LogP contribution is -2.23. The highest BCUT2D eigenvalue weighted by atomic mass is 14.4. The molecule has 1 aliphatic rings. The van der Waals surface area contributed by atoms with Gasteiger partial charge in [-0.25, -0.2) is 0 Å². The van der Waals surface area contributed by atoms with Crippen LogP contribution in [0.15, 0.2) is 0 Å². The summed E-state index contributed by atoms with van der Waals surface area (Å²) in [6.07, 6.45) is 7.34. The molecule has 0 bridgehead atoms. The Morgan fingerprint density at radius 3 is 2.33 bits per heavy atom. The van der Waals surface area contributed by atoms with E-state index in [2.05, 4.69) is 19.9 Å². The fraction of sp³-hybridized carbons (Fsp3) is 0.909. The largest absolute Gasteiger partial charge is 0.198 e. The van der Waals surface area contributed by atoms with Gasteiger partial charge in [0.1, 0.15) is 0 Å². The number of rotatable bonds is 3. The SMILES string of the molecule is CC(C)C1(CCC#N)CCCC1. The third kappa shape index (κ3) is 1.80. The van der Waals surface area contributed by atoms with Gasteiger partial charge in [0.05, 0.1) is 6.07 Å². The molecule has 0 spiro atoms. The number of nitrogens with zero attached hydrogens (tertiary/aromatic N) is 1. The molecule has 0 unspecified atom stereocenters. The van der Waals surface area contributed by atoms with Gasteiger partial charge < -0.3 is 0 Å². The van der Waals surface area contributed by atoms with Crippen LogP contribution in [0.3, 0.4) is 0 Å². The fourth-order valence-electron chi connectivity index (χ4n) is 2.50. The molecule has 1 nitrogen and oxygen atoms in total. The van der Waals surface area contributed by atoms with Crippen molar-refractivity contribution in [1.82, 2.24) is 0 Å². The first kappa shape index (κ1) is 9.58. The van der Waals surface area contributed by atoms with Gasteiger partial charge in [0.2, 0.25) is 0 Å². The zero-order valence-electron chi connectivity index (χ0n) is 8.27. The molecule has 0 saturated heterocycles. The first-order valence-electron chi connectivity index (χ1n) is 5.08. The van der Waals surface area contributed by atoms with Crippen LogP contribution in [0.25, 0.3) is 0 Å². The summed E-state index contributed by atoms with van der Waals surface area (Å²) in [5.41, 5.74) is 0.524. The van der Waals surface area contributed by atoms with Crippen molar-refractivity contribution in [2.24, 2.45) is 11.3 Å². The van der Waals surface area contributed by atoms with E-state index < -0.39 is 0 Å². The van der Waals surface area contributed by atoms with Crippen LogP contribution >= 0.6 is 0 Å². The average molecular weight is 165 g/mol. The Morgan fingerprint density at radius 1 is 1.33 bits per heavy atom. The summed E-state index contributed by atoms with van der Waals surface area (Å²) in [6, 6.07) is 2.27. The first-order chi connectivity index (χ1) is 5.71. The molecule has 12 heavy (non-hydrogen) atoms. The maximum absolute atomic E-state index is 8.57.